The van der Waals surface area contributed by atoms with Gasteiger partial charge in [-0.1, -0.05) is 17.7 Å². The number of fused-ring (bicyclic) bond motifs is 2. The first-order valence-corrected chi connectivity index (χ1v) is 10.4. The maximum absolute atomic E-state index is 15.0. The van der Waals surface area contributed by atoms with Gasteiger partial charge < -0.3 is 10.5 Å². The van der Waals surface area contributed by atoms with Crippen LogP contribution in [0.2, 0.25) is 5.02 Å². The maximum Gasteiger partial charge on any atom is 0.228 e. The number of pyridine rings is 1. The standard InChI is InChI=1S/C22H15ClFN5OS/c1-30-21-19(9-14(23)11-26-21)31-29-7-6-15-18(29)5-3-16(24)20(15)12-2-4-17-13(8-12)10-27-22(25)28-17/h2-11H,1H3,(H2,25,27,28). The number of aromatic nitrogens is 4. The molecular weight excluding hydrogens is 437 g/mol. The lowest BCUT2D eigenvalue weighted by Gasteiger charge is -2.11. The predicted octanol–water partition coefficient (Wildman–Crippen LogP) is 5.59. The van der Waals surface area contributed by atoms with E-state index >= 15 is 0 Å². The molecule has 0 fully saturated rings. The average Bonchev–Trinajstić information content (AvgIpc) is 3.16. The molecule has 31 heavy (non-hydrogen) atoms. The summed E-state index contributed by atoms with van der Waals surface area (Å²) in [5.74, 6) is 0.355. The molecule has 0 amide bonds. The number of anilines is 1. The molecule has 3 heterocycles. The Morgan fingerprint density at radius 1 is 1.10 bits per heavy atom. The second-order valence-electron chi connectivity index (χ2n) is 6.75. The molecule has 0 radical (unpaired) electrons. The molecule has 2 aromatic carbocycles. The minimum absolute atomic E-state index is 0.202. The van der Waals surface area contributed by atoms with Gasteiger partial charge in [-0.3, -0.25) is 3.97 Å². The monoisotopic (exact) mass is 451 g/mol. The second kappa shape index (κ2) is 7.72. The molecule has 0 atom stereocenters. The third kappa shape index (κ3) is 3.54. The first kappa shape index (κ1) is 19.6. The first-order chi connectivity index (χ1) is 15.0. The summed E-state index contributed by atoms with van der Waals surface area (Å²) in [6.45, 7) is 0. The van der Waals surface area contributed by atoms with Crippen LogP contribution in [0.15, 0.2) is 66.0 Å². The van der Waals surface area contributed by atoms with Crippen molar-refractivity contribution in [2.45, 2.75) is 4.90 Å². The van der Waals surface area contributed by atoms with Crippen molar-refractivity contribution in [1.82, 2.24) is 18.9 Å². The smallest absolute Gasteiger partial charge is 0.228 e. The minimum Gasteiger partial charge on any atom is -0.480 e. The Labute approximate surface area is 186 Å². The van der Waals surface area contributed by atoms with E-state index in [9.17, 15) is 4.39 Å². The number of methoxy groups -OCH3 is 1. The number of hydrogen-bond acceptors (Lipinski definition) is 6. The van der Waals surface area contributed by atoms with Crippen LogP contribution in [0.1, 0.15) is 0 Å². The van der Waals surface area contributed by atoms with Crippen molar-refractivity contribution in [2.24, 2.45) is 0 Å². The van der Waals surface area contributed by atoms with Gasteiger partial charge in [0, 0.05) is 34.9 Å². The van der Waals surface area contributed by atoms with Gasteiger partial charge in [-0.15, -0.1) is 0 Å². The second-order valence-corrected chi connectivity index (χ2v) is 8.20. The van der Waals surface area contributed by atoms with Crippen molar-refractivity contribution in [3.8, 4) is 17.0 Å². The van der Waals surface area contributed by atoms with Crippen LogP contribution in [0, 0.1) is 5.82 Å². The van der Waals surface area contributed by atoms with Crippen molar-refractivity contribution < 1.29 is 9.13 Å². The molecule has 0 bridgehead atoms. The van der Waals surface area contributed by atoms with Crippen LogP contribution in [0.25, 0.3) is 32.9 Å². The van der Waals surface area contributed by atoms with Crippen molar-refractivity contribution in [2.75, 3.05) is 12.8 Å². The molecule has 5 aromatic rings. The summed E-state index contributed by atoms with van der Waals surface area (Å²) in [6, 6.07) is 12.4. The summed E-state index contributed by atoms with van der Waals surface area (Å²) in [5.41, 5.74) is 8.45. The number of benzene rings is 2. The highest BCUT2D eigenvalue weighted by molar-refractivity contribution is 7.98. The molecule has 3 aromatic heterocycles. The van der Waals surface area contributed by atoms with E-state index in [1.807, 2.05) is 34.4 Å². The molecule has 0 saturated carbocycles. The number of halogens is 2. The Kier molecular flexibility index (Phi) is 4.88. The normalized spacial score (nSPS) is 11.3. The fraction of sp³-hybridized carbons (Fsp3) is 0.0455. The highest BCUT2D eigenvalue weighted by Crippen LogP contribution is 2.38. The van der Waals surface area contributed by atoms with Crippen LogP contribution in [0.4, 0.5) is 10.3 Å². The Bertz CT molecular complexity index is 1460. The Hall–Kier alpha value is -3.36. The van der Waals surface area contributed by atoms with Crippen molar-refractivity contribution in [3.05, 3.63) is 71.9 Å². The minimum atomic E-state index is -0.312. The maximum atomic E-state index is 15.0. The van der Waals surface area contributed by atoms with Crippen LogP contribution in [0.5, 0.6) is 5.88 Å². The van der Waals surface area contributed by atoms with E-state index in [0.29, 0.717) is 22.0 Å². The van der Waals surface area contributed by atoms with Gasteiger partial charge >= 0.3 is 0 Å². The summed E-state index contributed by atoms with van der Waals surface area (Å²) < 4.78 is 22.2. The third-order valence-corrected chi connectivity index (χ3v) is 6.06. The van der Waals surface area contributed by atoms with Crippen LogP contribution in [-0.2, 0) is 0 Å². The summed E-state index contributed by atoms with van der Waals surface area (Å²) in [4.78, 5) is 13.2. The van der Waals surface area contributed by atoms with Crippen LogP contribution in [-0.4, -0.2) is 26.0 Å². The highest BCUT2D eigenvalue weighted by atomic mass is 35.5. The number of ether oxygens (including phenoxy) is 1. The first-order valence-electron chi connectivity index (χ1n) is 9.23. The summed E-state index contributed by atoms with van der Waals surface area (Å²) in [6.07, 6.45) is 5.05. The fourth-order valence-corrected chi connectivity index (χ4v) is 4.68. The van der Waals surface area contributed by atoms with Crippen LogP contribution in [0.3, 0.4) is 0 Å². The van der Waals surface area contributed by atoms with E-state index in [2.05, 4.69) is 15.0 Å². The molecule has 2 N–H and O–H groups in total. The van der Waals surface area contributed by atoms with E-state index in [1.165, 1.54) is 24.2 Å². The summed E-state index contributed by atoms with van der Waals surface area (Å²) in [5, 5.41) is 2.06. The lowest BCUT2D eigenvalue weighted by molar-refractivity contribution is 0.387. The van der Waals surface area contributed by atoms with Gasteiger partial charge in [-0.2, -0.15) is 0 Å². The van der Waals surface area contributed by atoms with Gasteiger partial charge in [0.05, 0.1) is 28.1 Å². The summed E-state index contributed by atoms with van der Waals surface area (Å²) in [7, 11) is 1.55. The summed E-state index contributed by atoms with van der Waals surface area (Å²) >= 11 is 7.50. The van der Waals surface area contributed by atoms with Gasteiger partial charge in [0.25, 0.3) is 0 Å². The van der Waals surface area contributed by atoms with Crippen LogP contribution >= 0.6 is 23.5 Å². The van der Waals surface area contributed by atoms with Gasteiger partial charge in [0.1, 0.15) is 5.82 Å². The molecule has 0 aliphatic carbocycles. The van der Waals surface area contributed by atoms with Crippen molar-refractivity contribution in [3.63, 3.8) is 0 Å². The molecule has 0 aliphatic rings. The Morgan fingerprint density at radius 3 is 2.81 bits per heavy atom. The van der Waals surface area contributed by atoms with Gasteiger partial charge in [-0.05, 0) is 53.9 Å². The molecule has 5 rings (SSSR count). The fourth-order valence-electron chi connectivity index (χ4n) is 3.47. The van der Waals surface area contributed by atoms with E-state index in [0.717, 1.165) is 26.7 Å². The zero-order valence-electron chi connectivity index (χ0n) is 16.2. The molecule has 0 saturated heterocycles. The molecule has 0 unspecified atom stereocenters. The lowest BCUT2D eigenvalue weighted by atomic mass is 10.00. The molecule has 0 spiro atoms. The highest BCUT2D eigenvalue weighted by Gasteiger charge is 2.16. The Balaban J connectivity index is 1.63. The van der Waals surface area contributed by atoms with Crippen LogP contribution < -0.4 is 10.5 Å². The van der Waals surface area contributed by atoms with Crippen molar-refractivity contribution in [1.29, 1.82) is 0 Å². The number of nitrogens with zero attached hydrogens (tertiary/aromatic N) is 4. The average molecular weight is 452 g/mol. The molecule has 9 heteroatoms. The number of nitrogens with two attached hydrogens (primary N) is 1. The lowest BCUT2D eigenvalue weighted by Crippen LogP contribution is -1.95. The van der Waals surface area contributed by atoms with E-state index in [4.69, 9.17) is 22.1 Å². The van der Waals surface area contributed by atoms with Crippen molar-refractivity contribution >= 4 is 51.3 Å². The van der Waals surface area contributed by atoms with E-state index in [1.54, 1.807) is 25.4 Å². The topological polar surface area (TPSA) is 78.8 Å². The molecule has 154 valence electrons. The SMILES string of the molecule is COc1ncc(Cl)cc1Sn1ccc2c(-c3ccc4nc(N)ncc4c3)c(F)ccc21. The third-order valence-electron chi connectivity index (χ3n) is 4.85. The Morgan fingerprint density at radius 2 is 1.97 bits per heavy atom. The van der Waals surface area contributed by atoms with E-state index in [-0.39, 0.29) is 11.8 Å². The molecular formula is C22H15ClFN5OS. The number of hydrogen-bond donors (Lipinski definition) is 1. The molecule has 0 aliphatic heterocycles. The van der Waals surface area contributed by atoms with E-state index < -0.39 is 0 Å². The van der Waals surface area contributed by atoms with Gasteiger partial charge in [0.2, 0.25) is 11.8 Å². The number of nitrogen functional groups attached to an aromatic ring is 1. The predicted molar refractivity (Wildman–Crippen MR) is 122 cm³/mol. The number of rotatable bonds is 4. The zero-order valence-corrected chi connectivity index (χ0v) is 17.8. The quantitative estimate of drug-likeness (QED) is 0.384. The largest absolute Gasteiger partial charge is 0.480 e. The molecule has 6 nitrogen and oxygen atoms in total. The zero-order chi connectivity index (χ0) is 21.5. The van der Waals surface area contributed by atoms with Gasteiger partial charge in [0.15, 0.2) is 0 Å². The van der Waals surface area contributed by atoms with Gasteiger partial charge in [-0.25, -0.2) is 19.3 Å².